The molecule has 0 aliphatic carbocycles. The highest BCUT2D eigenvalue weighted by Gasteiger charge is 2.51. The molecule has 8 heteroatoms. The summed E-state index contributed by atoms with van der Waals surface area (Å²) < 4.78 is 50.0. The molecule has 0 radical (unpaired) electrons. The number of hydrogen-bond acceptors (Lipinski definition) is 2. The number of carbonyl (C=O) groups excluding carboxylic acids is 2. The molecular weight excluding hydrogens is 278 g/mol. The lowest BCUT2D eigenvalue weighted by Crippen LogP contribution is -2.50. The van der Waals surface area contributed by atoms with E-state index in [9.17, 15) is 27.2 Å². The van der Waals surface area contributed by atoms with Crippen molar-refractivity contribution in [1.82, 2.24) is 4.90 Å². The van der Waals surface area contributed by atoms with Gasteiger partial charge >= 0.3 is 12.3 Å². The zero-order chi connectivity index (χ0) is 14.5. The number of rotatable bonds is 7. The van der Waals surface area contributed by atoms with Gasteiger partial charge in [-0.2, -0.15) is 8.78 Å². The molecule has 0 bridgehead atoms. The first kappa shape index (κ1) is 17.2. The van der Waals surface area contributed by atoms with E-state index in [0.29, 0.717) is 4.90 Å². The molecule has 0 aliphatic rings. The zero-order valence-electron chi connectivity index (χ0n) is 9.93. The van der Waals surface area contributed by atoms with Crippen LogP contribution in [0.15, 0.2) is 0 Å². The summed E-state index contributed by atoms with van der Waals surface area (Å²) in [5, 5.41) is 0. The first-order valence-electron chi connectivity index (χ1n) is 5.15. The van der Waals surface area contributed by atoms with E-state index in [4.69, 9.17) is 11.6 Å². The molecule has 0 aromatic rings. The van der Waals surface area contributed by atoms with Crippen molar-refractivity contribution in [2.45, 2.75) is 26.2 Å². The van der Waals surface area contributed by atoms with Crippen LogP contribution in [0.25, 0.3) is 0 Å². The molecule has 0 fully saturated rings. The van der Waals surface area contributed by atoms with Gasteiger partial charge in [0.1, 0.15) is 0 Å². The third kappa shape index (κ3) is 4.80. The molecule has 0 saturated heterocycles. The summed E-state index contributed by atoms with van der Waals surface area (Å²) in [6.45, 7) is 2.30. The Kier molecular flexibility index (Phi) is 6.59. The number of amides is 1. The minimum absolute atomic E-state index is 0.218. The molecule has 1 amide bonds. The van der Waals surface area contributed by atoms with Gasteiger partial charge in [0, 0.05) is 6.54 Å². The van der Waals surface area contributed by atoms with Crippen LogP contribution in [0.5, 0.6) is 0 Å². The van der Waals surface area contributed by atoms with Crippen LogP contribution in [0.2, 0.25) is 0 Å². The van der Waals surface area contributed by atoms with Gasteiger partial charge < -0.3 is 4.90 Å². The summed E-state index contributed by atoms with van der Waals surface area (Å²) in [5.41, 5.74) is 0. The van der Waals surface area contributed by atoms with Crippen molar-refractivity contribution < 1.29 is 27.2 Å². The van der Waals surface area contributed by atoms with Crippen LogP contribution in [0, 0.1) is 5.92 Å². The summed E-state index contributed by atoms with van der Waals surface area (Å²) in [6.07, 6.45) is -4.11. The highest BCUT2D eigenvalue weighted by molar-refractivity contribution is 6.28. The minimum Gasteiger partial charge on any atom is -0.330 e. The van der Waals surface area contributed by atoms with E-state index in [0.717, 1.165) is 0 Å². The van der Waals surface area contributed by atoms with Gasteiger partial charge in [-0.15, -0.1) is 11.6 Å². The quantitative estimate of drug-likeness (QED) is 0.532. The van der Waals surface area contributed by atoms with Crippen molar-refractivity contribution in [3.63, 3.8) is 0 Å². The minimum atomic E-state index is -4.79. The largest absolute Gasteiger partial charge is 0.383 e. The van der Waals surface area contributed by atoms with Crippen molar-refractivity contribution in [3.05, 3.63) is 0 Å². The van der Waals surface area contributed by atoms with E-state index in [1.54, 1.807) is 13.8 Å². The number of halogens is 5. The van der Waals surface area contributed by atoms with E-state index < -0.39 is 36.5 Å². The molecule has 0 aliphatic heterocycles. The van der Waals surface area contributed by atoms with E-state index in [1.807, 2.05) is 0 Å². The maximum absolute atomic E-state index is 12.9. The molecule has 0 heterocycles. The predicted molar refractivity (Wildman–Crippen MR) is 58.1 cm³/mol. The van der Waals surface area contributed by atoms with Gasteiger partial charge in [-0.1, -0.05) is 13.8 Å². The van der Waals surface area contributed by atoms with Crippen LogP contribution in [-0.2, 0) is 9.59 Å². The second-order valence-corrected chi connectivity index (χ2v) is 4.44. The second-order valence-electron chi connectivity index (χ2n) is 4.18. The average molecular weight is 292 g/mol. The maximum atomic E-state index is 12.9. The topological polar surface area (TPSA) is 37.4 Å². The van der Waals surface area contributed by atoms with Crippen LogP contribution in [-0.4, -0.2) is 47.9 Å². The highest BCUT2D eigenvalue weighted by atomic mass is 35.5. The van der Waals surface area contributed by atoms with Crippen LogP contribution in [0.3, 0.4) is 0 Å². The van der Waals surface area contributed by atoms with Crippen LogP contribution in [0.1, 0.15) is 13.8 Å². The van der Waals surface area contributed by atoms with E-state index in [1.165, 1.54) is 0 Å². The summed E-state index contributed by atoms with van der Waals surface area (Å²) in [6, 6.07) is 0. The molecule has 0 unspecified atom stereocenters. The molecule has 18 heavy (non-hydrogen) atoms. The van der Waals surface area contributed by atoms with Gasteiger partial charge in [-0.05, 0) is 5.92 Å². The molecule has 0 N–H and O–H groups in total. The van der Waals surface area contributed by atoms with Gasteiger partial charge in [0.05, 0.1) is 12.4 Å². The zero-order valence-corrected chi connectivity index (χ0v) is 10.7. The summed E-state index contributed by atoms with van der Waals surface area (Å²) in [4.78, 5) is 22.8. The SMILES string of the molecule is CC(C)CN(CC(=O)CCl)C(=O)C(F)(F)C(F)F. The lowest BCUT2D eigenvalue weighted by atomic mass is 10.1. The fourth-order valence-corrected chi connectivity index (χ4v) is 1.30. The first-order chi connectivity index (χ1) is 8.12. The number of Topliss-reactive ketones (excluding diaryl/α,β-unsaturated/α-hetero) is 1. The van der Waals surface area contributed by atoms with Crippen molar-refractivity contribution >= 4 is 23.3 Å². The van der Waals surface area contributed by atoms with Crippen molar-refractivity contribution in [2.75, 3.05) is 19.0 Å². The predicted octanol–water partition coefficient (Wildman–Crippen LogP) is 2.18. The number of carbonyl (C=O) groups is 2. The van der Waals surface area contributed by atoms with Crippen LogP contribution >= 0.6 is 11.6 Å². The number of ketones is 1. The molecule has 0 atom stereocenters. The number of hydrogen-bond donors (Lipinski definition) is 0. The molecule has 0 saturated carbocycles. The first-order valence-corrected chi connectivity index (χ1v) is 5.69. The Morgan fingerprint density at radius 1 is 1.28 bits per heavy atom. The molecular formula is C10H14ClF4NO2. The van der Waals surface area contributed by atoms with Gasteiger partial charge in [0.2, 0.25) is 0 Å². The normalized spacial score (nSPS) is 12.1. The molecule has 0 rings (SSSR count). The number of alkyl halides is 5. The maximum Gasteiger partial charge on any atom is 0.383 e. The standard InChI is InChI=1S/C10H14ClF4NO2/c1-6(2)4-16(5-7(17)3-11)9(18)10(14,15)8(12)13/h6,8H,3-5H2,1-2H3. The van der Waals surface area contributed by atoms with E-state index in [2.05, 4.69) is 0 Å². The lowest BCUT2D eigenvalue weighted by Gasteiger charge is -2.27. The molecule has 0 aromatic carbocycles. The Labute approximate surface area is 107 Å². The second kappa shape index (κ2) is 6.92. The Hall–Kier alpha value is -0.850. The van der Waals surface area contributed by atoms with Crippen molar-refractivity contribution in [2.24, 2.45) is 5.92 Å². The summed E-state index contributed by atoms with van der Waals surface area (Å²) >= 11 is 5.19. The Bertz CT molecular complexity index is 310. The monoisotopic (exact) mass is 291 g/mol. The van der Waals surface area contributed by atoms with Gasteiger partial charge in [0.25, 0.3) is 5.91 Å². The smallest absolute Gasteiger partial charge is 0.330 e. The van der Waals surface area contributed by atoms with Gasteiger partial charge in [-0.25, -0.2) is 8.78 Å². The van der Waals surface area contributed by atoms with Gasteiger partial charge in [0.15, 0.2) is 5.78 Å². The molecule has 0 spiro atoms. The highest BCUT2D eigenvalue weighted by Crippen LogP contribution is 2.25. The van der Waals surface area contributed by atoms with Gasteiger partial charge in [-0.3, -0.25) is 9.59 Å². The molecule has 3 nitrogen and oxygen atoms in total. The summed E-state index contributed by atoms with van der Waals surface area (Å²) in [5.74, 6) is -8.24. The fraction of sp³-hybridized carbons (Fsp3) is 0.800. The Morgan fingerprint density at radius 3 is 2.11 bits per heavy atom. The third-order valence-corrected chi connectivity index (χ3v) is 2.25. The Morgan fingerprint density at radius 2 is 1.78 bits per heavy atom. The molecule has 0 aromatic heterocycles. The summed E-state index contributed by atoms with van der Waals surface area (Å²) in [7, 11) is 0. The van der Waals surface area contributed by atoms with Crippen molar-refractivity contribution in [3.8, 4) is 0 Å². The van der Waals surface area contributed by atoms with Crippen LogP contribution in [0.4, 0.5) is 17.6 Å². The van der Waals surface area contributed by atoms with E-state index in [-0.39, 0.29) is 12.5 Å². The average Bonchev–Trinajstić information content (AvgIpc) is 2.25. The van der Waals surface area contributed by atoms with Crippen molar-refractivity contribution in [1.29, 1.82) is 0 Å². The third-order valence-electron chi connectivity index (χ3n) is 1.95. The lowest BCUT2D eigenvalue weighted by molar-refractivity contribution is -0.181. The van der Waals surface area contributed by atoms with E-state index >= 15 is 0 Å². The number of nitrogens with zero attached hydrogens (tertiary/aromatic N) is 1. The fourth-order valence-electron chi connectivity index (χ4n) is 1.22. The Balaban J connectivity index is 4.95. The van der Waals surface area contributed by atoms with Crippen LogP contribution < -0.4 is 0 Å². The molecule has 106 valence electrons.